The Labute approximate surface area is 171 Å². The van der Waals surface area contributed by atoms with E-state index in [0.29, 0.717) is 24.8 Å². The lowest BCUT2D eigenvalue weighted by Gasteiger charge is -2.47. The fourth-order valence-electron chi connectivity index (χ4n) is 5.14. The first-order valence-corrected chi connectivity index (χ1v) is 10.8. The molecule has 2 aliphatic heterocycles. The first-order chi connectivity index (χ1) is 13.8. The molecule has 2 aromatic rings. The van der Waals surface area contributed by atoms with Crippen LogP contribution in [0.5, 0.6) is 0 Å². The van der Waals surface area contributed by atoms with Crippen LogP contribution in [0.4, 0.5) is 0 Å². The highest BCUT2D eigenvalue weighted by atomic mass is 16.5. The summed E-state index contributed by atoms with van der Waals surface area (Å²) in [5.41, 5.74) is 2.89. The fraction of sp³-hybridized carbons (Fsp3) is 0.609. The number of likely N-dealkylation sites (tertiary alicyclic amines) is 1. The van der Waals surface area contributed by atoms with E-state index >= 15 is 0 Å². The normalized spacial score (nSPS) is 23.3. The van der Waals surface area contributed by atoms with Gasteiger partial charge in [-0.25, -0.2) is 0 Å². The highest BCUT2D eigenvalue weighted by Crippen LogP contribution is 2.43. The van der Waals surface area contributed by atoms with Crippen LogP contribution in [0.3, 0.4) is 0 Å². The van der Waals surface area contributed by atoms with E-state index in [0.717, 1.165) is 48.5 Å². The Bertz CT molecular complexity index is 939. The zero-order valence-electron chi connectivity index (χ0n) is 17.9. The van der Waals surface area contributed by atoms with Crippen molar-refractivity contribution >= 4 is 5.91 Å². The number of aromatic nitrogens is 2. The summed E-state index contributed by atoms with van der Waals surface area (Å²) in [6, 6.07) is 5.78. The summed E-state index contributed by atoms with van der Waals surface area (Å²) in [7, 11) is 0. The summed E-state index contributed by atoms with van der Waals surface area (Å²) in [5.74, 6) is 2.00. The lowest BCUT2D eigenvalue weighted by molar-refractivity contribution is -0.133. The molecule has 0 spiro atoms. The summed E-state index contributed by atoms with van der Waals surface area (Å²) in [5, 5.41) is 3.98. The van der Waals surface area contributed by atoms with Crippen molar-refractivity contribution in [1.29, 1.82) is 0 Å². The van der Waals surface area contributed by atoms with Crippen LogP contribution in [0.25, 0.3) is 0 Å². The van der Waals surface area contributed by atoms with Crippen molar-refractivity contribution < 1.29 is 9.32 Å². The first-order valence-electron chi connectivity index (χ1n) is 10.8. The maximum Gasteiger partial charge on any atom is 0.250 e. The van der Waals surface area contributed by atoms with Gasteiger partial charge in [-0.2, -0.15) is 0 Å². The summed E-state index contributed by atoms with van der Waals surface area (Å²) >= 11 is 0. The summed E-state index contributed by atoms with van der Waals surface area (Å²) in [4.78, 5) is 27.9. The van der Waals surface area contributed by atoms with Gasteiger partial charge in [0.25, 0.3) is 5.56 Å². The predicted octanol–water partition coefficient (Wildman–Crippen LogP) is 3.62. The molecule has 0 N–H and O–H groups in total. The van der Waals surface area contributed by atoms with Gasteiger partial charge in [-0.15, -0.1) is 0 Å². The molecule has 2 aliphatic rings. The van der Waals surface area contributed by atoms with E-state index in [1.54, 1.807) is 6.07 Å². The zero-order valence-corrected chi connectivity index (χ0v) is 17.9. The van der Waals surface area contributed by atoms with E-state index in [1.165, 1.54) is 0 Å². The molecule has 3 atom stereocenters. The van der Waals surface area contributed by atoms with Gasteiger partial charge in [0.2, 0.25) is 5.91 Å². The van der Waals surface area contributed by atoms with Gasteiger partial charge in [-0.05, 0) is 51.0 Å². The number of hydrogen-bond acceptors (Lipinski definition) is 4. The Morgan fingerprint density at radius 3 is 2.76 bits per heavy atom. The number of carbonyl (C=O) groups excluding carboxylic acids is 1. The molecule has 1 amide bonds. The van der Waals surface area contributed by atoms with E-state index in [9.17, 15) is 9.59 Å². The zero-order chi connectivity index (χ0) is 20.7. The van der Waals surface area contributed by atoms with Crippen LogP contribution in [0, 0.1) is 25.7 Å². The van der Waals surface area contributed by atoms with Crippen molar-refractivity contribution in [2.75, 3.05) is 13.1 Å². The van der Waals surface area contributed by atoms with E-state index < -0.39 is 0 Å². The Morgan fingerprint density at radius 2 is 2.07 bits per heavy atom. The third kappa shape index (κ3) is 3.77. The van der Waals surface area contributed by atoms with Crippen LogP contribution in [0.15, 0.2) is 27.5 Å². The van der Waals surface area contributed by atoms with E-state index in [4.69, 9.17) is 4.52 Å². The molecule has 0 unspecified atom stereocenters. The molecule has 4 heterocycles. The molecule has 0 saturated carbocycles. The largest absolute Gasteiger partial charge is 0.361 e. The first kappa shape index (κ1) is 19.9. The van der Waals surface area contributed by atoms with Gasteiger partial charge in [-0.1, -0.05) is 25.1 Å². The number of fused-ring (bicyclic) bond motifs is 4. The molecule has 0 radical (unpaired) electrons. The van der Waals surface area contributed by atoms with E-state index in [1.807, 2.05) is 29.4 Å². The van der Waals surface area contributed by atoms with Crippen LogP contribution >= 0.6 is 0 Å². The maximum atomic E-state index is 13.1. The average molecular weight is 398 g/mol. The van der Waals surface area contributed by atoms with Crippen LogP contribution in [-0.2, 0) is 11.2 Å². The molecule has 6 heteroatoms. The minimum absolute atomic E-state index is 0.0986. The number of piperidine rings is 1. The molecule has 0 aliphatic carbocycles. The van der Waals surface area contributed by atoms with Gasteiger partial charge in [0.1, 0.15) is 5.76 Å². The van der Waals surface area contributed by atoms with Crippen LogP contribution < -0.4 is 5.56 Å². The SMILES string of the molecule is Cc1noc(C)c1CC(=O)N1C[C@H]2C[C@@H](C1)[C@H](CCC(C)C)n1c2cccc1=O. The van der Waals surface area contributed by atoms with Crippen LogP contribution in [0.1, 0.15) is 67.8 Å². The number of nitrogens with zero attached hydrogens (tertiary/aromatic N) is 3. The number of pyridine rings is 1. The second-order valence-corrected chi connectivity index (χ2v) is 9.17. The van der Waals surface area contributed by atoms with E-state index in [-0.39, 0.29) is 23.4 Å². The number of aryl methyl sites for hydroxylation is 2. The van der Waals surface area contributed by atoms with Crippen LogP contribution in [0.2, 0.25) is 0 Å². The smallest absolute Gasteiger partial charge is 0.250 e. The van der Waals surface area contributed by atoms with Gasteiger partial charge < -0.3 is 14.0 Å². The topological polar surface area (TPSA) is 68.3 Å². The quantitative estimate of drug-likeness (QED) is 0.773. The lowest BCUT2D eigenvalue weighted by Crippen LogP contribution is -2.51. The molecule has 2 bridgehead atoms. The van der Waals surface area contributed by atoms with Crippen molar-refractivity contribution in [2.45, 2.75) is 65.3 Å². The summed E-state index contributed by atoms with van der Waals surface area (Å²) in [6.45, 7) is 9.59. The summed E-state index contributed by atoms with van der Waals surface area (Å²) < 4.78 is 7.27. The highest BCUT2D eigenvalue weighted by molar-refractivity contribution is 5.79. The third-order valence-corrected chi connectivity index (χ3v) is 6.70. The highest BCUT2D eigenvalue weighted by Gasteiger charge is 2.41. The number of hydrogen-bond donors (Lipinski definition) is 0. The van der Waals surface area contributed by atoms with Crippen molar-refractivity contribution in [3.8, 4) is 0 Å². The lowest BCUT2D eigenvalue weighted by atomic mass is 9.76. The minimum atomic E-state index is 0.0986. The minimum Gasteiger partial charge on any atom is -0.361 e. The predicted molar refractivity (Wildman–Crippen MR) is 111 cm³/mol. The molecule has 6 nitrogen and oxygen atoms in total. The third-order valence-electron chi connectivity index (χ3n) is 6.70. The Balaban J connectivity index is 1.61. The second-order valence-electron chi connectivity index (χ2n) is 9.17. The van der Waals surface area contributed by atoms with Gasteiger partial charge in [0.05, 0.1) is 12.1 Å². The number of rotatable bonds is 5. The average Bonchev–Trinajstić information content (AvgIpc) is 3.00. The Hall–Kier alpha value is -2.37. The molecule has 2 aromatic heterocycles. The van der Waals surface area contributed by atoms with E-state index in [2.05, 4.69) is 25.1 Å². The van der Waals surface area contributed by atoms with Gasteiger partial charge in [0.15, 0.2) is 0 Å². The molecule has 0 aromatic carbocycles. The molecule has 156 valence electrons. The maximum absolute atomic E-state index is 13.1. The van der Waals surface area contributed by atoms with Crippen LogP contribution in [-0.4, -0.2) is 33.6 Å². The van der Waals surface area contributed by atoms with Gasteiger partial charge >= 0.3 is 0 Å². The van der Waals surface area contributed by atoms with Crippen molar-refractivity contribution in [1.82, 2.24) is 14.6 Å². The summed E-state index contributed by atoms with van der Waals surface area (Å²) in [6.07, 6.45) is 3.46. The standard InChI is InChI=1S/C23H31N3O3/c1-14(2)8-9-21-18-10-17(20-6-5-7-22(27)26(20)21)12-25(13-18)23(28)11-19-15(3)24-29-16(19)4/h5-7,14,17-18,21H,8-13H2,1-4H3/t17-,18+,21+/m1/s1. The molecule has 1 saturated heterocycles. The van der Waals surface area contributed by atoms with Crippen molar-refractivity contribution in [3.63, 3.8) is 0 Å². The fourth-order valence-corrected chi connectivity index (χ4v) is 5.14. The van der Waals surface area contributed by atoms with Crippen molar-refractivity contribution in [2.24, 2.45) is 11.8 Å². The second kappa shape index (κ2) is 7.81. The molecule has 4 rings (SSSR count). The van der Waals surface area contributed by atoms with Gasteiger partial charge in [-0.3, -0.25) is 9.59 Å². The van der Waals surface area contributed by atoms with Gasteiger partial charge in [0, 0.05) is 42.4 Å². The monoisotopic (exact) mass is 397 g/mol. The molecule has 29 heavy (non-hydrogen) atoms. The van der Waals surface area contributed by atoms with Crippen molar-refractivity contribution in [3.05, 3.63) is 51.3 Å². The molecule has 1 fully saturated rings. The Morgan fingerprint density at radius 1 is 1.28 bits per heavy atom. The Kier molecular flexibility index (Phi) is 5.36. The number of amides is 1. The number of carbonyl (C=O) groups is 1. The molecular formula is C23H31N3O3. The molecular weight excluding hydrogens is 366 g/mol.